The maximum atomic E-state index is 14.4. The van der Waals surface area contributed by atoms with E-state index < -0.39 is 0 Å². The van der Waals surface area contributed by atoms with Crippen LogP contribution in [0.1, 0.15) is 43.1 Å². The second-order valence-electron chi connectivity index (χ2n) is 5.12. The zero-order valence-electron chi connectivity index (χ0n) is 12.7. The Morgan fingerprint density at radius 1 is 1.38 bits per heavy atom. The van der Waals surface area contributed by atoms with Crippen LogP contribution in [-0.4, -0.2) is 16.3 Å². The highest BCUT2D eigenvalue weighted by atomic mass is 79.9. The van der Waals surface area contributed by atoms with Crippen molar-refractivity contribution in [1.82, 2.24) is 15.1 Å². The quantitative estimate of drug-likeness (QED) is 0.843. The Hall–Kier alpha value is -1.20. The SMILES string of the molecule is CCCn1ncc(Br)c1C(NCC)c1ccc(C)cc1F. The molecule has 21 heavy (non-hydrogen) atoms. The summed E-state index contributed by atoms with van der Waals surface area (Å²) >= 11 is 3.55. The molecular formula is C16H21BrFN3. The van der Waals surface area contributed by atoms with E-state index in [1.54, 1.807) is 12.3 Å². The van der Waals surface area contributed by atoms with Gasteiger partial charge in [-0.3, -0.25) is 4.68 Å². The van der Waals surface area contributed by atoms with Crippen molar-refractivity contribution in [2.75, 3.05) is 6.54 Å². The van der Waals surface area contributed by atoms with E-state index in [0.717, 1.165) is 35.2 Å². The first-order chi connectivity index (χ1) is 10.1. The fraction of sp³-hybridized carbons (Fsp3) is 0.438. The molecule has 2 rings (SSSR count). The van der Waals surface area contributed by atoms with Crippen molar-refractivity contribution >= 4 is 15.9 Å². The highest BCUT2D eigenvalue weighted by Crippen LogP contribution is 2.30. The van der Waals surface area contributed by atoms with E-state index in [1.165, 1.54) is 0 Å². The summed E-state index contributed by atoms with van der Waals surface area (Å²) in [4.78, 5) is 0. The average Bonchev–Trinajstić information content (AvgIpc) is 2.79. The Morgan fingerprint density at radius 3 is 2.76 bits per heavy atom. The molecule has 1 aromatic heterocycles. The summed E-state index contributed by atoms with van der Waals surface area (Å²) in [6.45, 7) is 7.59. The maximum Gasteiger partial charge on any atom is 0.128 e. The van der Waals surface area contributed by atoms with Gasteiger partial charge in [-0.05, 0) is 47.4 Å². The molecule has 0 saturated heterocycles. The van der Waals surface area contributed by atoms with Gasteiger partial charge < -0.3 is 5.32 Å². The van der Waals surface area contributed by atoms with Gasteiger partial charge in [0.25, 0.3) is 0 Å². The van der Waals surface area contributed by atoms with Crippen LogP contribution in [0.25, 0.3) is 0 Å². The molecule has 5 heteroatoms. The summed E-state index contributed by atoms with van der Waals surface area (Å²) in [5, 5.41) is 7.76. The van der Waals surface area contributed by atoms with Crippen LogP contribution in [0.5, 0.6) is 0 Å². The van der Waals surface area contributed by atoms with Crippen molar-refractivity contribution in [2.24, 2.45) is 0 Å². The fourth-order valence-corrected chi connectivity index (χ4v) is 3.00. The largest absolute Gasteiger partial charge is 0.305 e. The summed E-state index contributed by atoms with van der Waals surface area (Å²) in [5.74, 6) is -0.183. The first-order valence-corrected chi connectivity index (χ1v) is 8.08. The summed E-state index contributed by atoms with van der Waals surface area (Å²) in [5.41, 5.74) is 2.55. The van der Waals surface area contributed by atoms with E-state index in [-0.39, 0.29) is 11.9 Å². The average molecular weight is 354 g/mol. The first-order valence-electron chi connectivity index (χ1n) is 7.29. The lowest BCUT2D eigenvalue weighted by atomic mass is 10.0. The van der Waals surface area contributed by atoms with Gasteiger partial charge in [-0.25, -0.2) is 4.39 Å². The Bertz CT molecular complexity index is 610. The zero-order valence-corrected chi connectivity index (χ0v) is 14.2. The third kappa shape index (κ3) is 3.52. The second-order valence-corrected chi connectivity index (χ2v) is 5.97. The van der Waals surface area contributed by atoms with E-state index in [0.29, 0.717) is 5.56 Å². The molecule has 1 aromatic carbocycles. The Labute approximate surface area is 133 Å². The molecule has 0 fully saturated rings. The van der Waals surface area contributed by atoms with Crippen LogP contribution in [-0.2, 0) is 6.54 Å². The highest BCUT2D eigenvalue weighted by Gasteiger charge is 2.23. The zero-order chi connectivity index (χ0) is 15.4. The third-order valence-electron chi connectivity index (χ3n) is 3.42. The molecule has 1 heterocycles. The fourth-order valence-electron chi connectivity index (χ4n) is 2.47. The Balaban J connectivity index is 2.50. The predicted molar refractivity (Wildman–Crippen MR) is 86.9 cm³/mol. The van der Waals surface area contributed by atoms with Gasteiger partial charge in [0.1, 0.15) is 5.82 Å². The van der Waals surface area contributed by atoms with Gasteiger partial charge in [0.15, 0.2) is 0 Å². The molecule has 1 atom stereocenters. The van der Waals surface area contributed by atoms with E-state index in [1.807, 2.05) is 30.7 Å². The monoisotopic (exact) mass is 353 g/mol. The van der Waals surface area contributed by atoms with Crippen molar-refractivity contribution in [3.05, 3.63) is 51.5 Å². The number of halogens is 2. The van der Waals surface area contributed by atoms with Crippen molar-refractivity contribution in [3.63, 3.8) is 0 Å². The number of aryl methyl sites for hydroxylation is 2. The Morgan fingerprint density at radius 2 is 2.14 bits per heavy atom. The van der Waals surface area contributed by atoms with Crippen LogP contribution >= 0.6 is 15.9 Å². The smallest absolute Gasteiger partial charge is 0.128 e. The molecule has 0 spiro atoms. The standard InChI is InChI=1S/C16H21BrFN3/c1-4-8-21-16(13(17)10-20-21)15(19-5-2)12-7-6-11(3)9-14(12)18/h6-7,9-10,15,19H,4-5,8H2,1-3H3. The van der Waals surface area contributed by atoms with Gasteiger partial charge in [0, 0.05) is 12.1 Å². The number of nitrogens with one attached hydrogen (secondary N) is 1. The maximum absolute atomic E-state index is 14.4. The van der Waals surface area contributed by atoms with Crippen LogP contribution in [0.2, 0.25) is 0 Å². The van der Waals surface area contributed by atoms with Crippen molar-refractivity contribution < 1.29 is 4.39 Å². The third-order valence-corrected chi connectivity index (χ3v) is 4.03. The molecule has 1 unspecified atom stereocenters. The summed E-state index contributed by atoms with van der Waals surface area (Å²) in [7, 11) is 0. The number of hydrogen-bond donors (Lipinski definition) is 1. The van der Waals surface area contributed by atoms with E-state index >= 15 is 0 Å². The van der Waals surface area contributed by atoms with E-state index in [2.05, 4.69) is 33.3 Å². The van der Waals surface area contributed by atoms with E-state index in [9.17, 15) is 4.39 Å². The summed E-state index contributed by atoms with van der Waals surface area (Å²) in [6, 6.07) is 5.16. The molecule has 0 amide bonds. The molecular weight excluding hydrogens is 333 g/mol. The first kappa shape index (κ1) is 16.2. The minimum Gasteiger partial charge on any atom is -0.305 e. The van der Waals surface area contributed by atoms with Gasteiger partial charge in [0.2, 0.25) is 0 Å². The van der Waals surface area contributed by atoms with E-state index in [4.69, 9.17) is 0 Å². The molecule has 1 N–H and O–H groups in total. The molecule has 0 aliphatic carbocycles. The molecule has 0 aliphatic heterocycles. The predicted octanol–water partition coefficient (Wildman–Crippen LogP) is 4.20. The normalized spacial score (nSPS) is 12.6. The van der Waals surface area contributed by atoms with Crippen LogP contribution in [0.15, 0.2) is 28.9 Å². The minimum absolute atomic E-state index is 0.183. The van der Waals surface area contributed by atoms with Crippen LogP contribution < -0.4 is 5.32 Å². The van der Waals surface area contributed by atoms with Gasteiger partial charge >= 0.3 is 0 Å². The van der Waals surface area contributed by atoms with Crippen molar-refractivity contribution in [2.45, 2.75) is 39.8 Å². The van der Waals surface area contributed by atoms with Gasteiger partial charge in [-0.2, -0.15) is 5.10 Å². The van der Waals surface area contributed by atoms with Crippen molar-refractivity contribution in [3.8, 4) is 0 Å². The van der Waals surface area contributed by atoms with Crippen LogP contribution in [0.3, 0.4) is 0 Å². The molecule has 0 saturated carbocycles. The van der Waals surface area contributed by atoms with Gasteiger partial charge in [-0.1, -0.05) is 26.0 Å². The number of nitrogens with zero attached hydrogens (tertiary/aromatic N) is 2. The number of benzene rings is 1. The number of rotatable bonds is 6. The summed E-state index contributed by atoms with van der Waals surface area (Å²) in [6.07, 6.45) is 2.76. The molecule has 2 aromatic rings. The lowest BCUT2D eigenvalue weighted by Crippen LogP contribution is -2.26. The topological polar surface area (TPSA) is 29.9 Å². The molecule has 0 radical (unpaired) electrons. The number of hydrogen-bond acceptors (Lipinski definition) is 2. The molecule has 0 bridgehead atoms. The second kappa shape index (κ2) is 7.18. The van der Waals surface area contributed by atoms with Gasteiger partial charge in [-0.15, -0.1) is 0 Å². The summed E-state index contributed by atoms with van der Waals surface area (Å²) < 4.78 is 17.2. The van der Waals surface area contributed by atoms with Crippen LogP contribution in [0.4, 0.5) is 4.39 Å². The number of aromatic nitrogens is 2. The lowest BCUT2D eigenvalue weighted by Gasteiger charge is -2.21. The Kier molecular flexibility index (Phi) is 5.53. The molecule has 3 nitrogen and oxygen atoms in total. The molecule has 114 valence electrons. The molecule has 0 aliphatic rings. The van der Waals surface area contributed by atoms with Crippen LogP contribution in [0, 0.1) is 12.7 Å². The van der Waals surface area contributed by atoms with Gasteiger partial charge in [0.05, 0.1) is 22.4 Å². The minimum atomic E-state index is -0.209. The van der Waals surface area contributed by atoms with Crippen molar-refractivity contribution in [1.29, 1.82) is 0 Å². The lowest BCUT2D eigenvalue weighted by molar-refractivity contribution is 0.500. The highest BCUT2D eigenvalue weighted by molar-refractivity contribution is 9.10.